The molecular weight excluding hydrogens is 458 g/mol. The Hall–Kier alpha value is -1.05. The van der Waals surface area contributed by atoms with Gasteiger partial charge in [0.1, 0.15) is 0 Å². The molecular formula is C28H61N3O3S. The van der Waals surface area contributed by atoms with Gasteiger partial charge in [-0.15, -0.1) is 13.2 Å². The molecule has 0 aliphatic carbocycles. The second kappa shape index (κ2) is 40.1. The van der Waals surface area contributed by atoms with Gasteiger partial charge in [0.2, 0.25) is 5.91 Å². The number of primary amides is 1. The highest BCUT2D eigenvalue weighted by molar-refractivity contribution is 7.78. The summed E-state index contributed by atoms with van der Waals surface area (Å²) in [6.45, 7) is 12.9. The molecule has 0 aromatic rings. The van der Waals surface area contributed by atoms with E-state index < -0.39 is 5.97 Å². The number of carbonyl (C=O) groups is 2. The Kier molecular flexibility index (Phi) is 47.1. The molecule has 0 rings (SSSR count). The fraction of sp³-hybridized carbons (Fsp3) is 0.857. The molecule has 0 saturated heterocycles. The van der Waals surface area contributed by atoms with E-state index in [0.29, 0.717) is 19.4 Å². The summed E-state index contributed by atoms with van der Waals surface area (Å²) in [5, 5.41) is 8.52. The van der Waals surface area contributed by atoms with Gasteiger partial charge in [-0.3, -0.25) is 14.3 Å². The van der Waals surface area contributed by atoms with Crippen molar-refractivity contribution >= 4 is 24.7 Å². The van der Waals surface area contributed by atoms with Crippen molar-refractivity contribution < 1.29 is 14.7 Å². The molecule has 0 saturated carbocycles. The molecule has 0 aliphatic heterocycles. The van der Waals surface area contributed by atoms with Crippen LogP contribution in [-0.4, -0.2) is 29.6 Å². The van der Waals surface area contributed by atoms with E-state index >= 15 is 0 Å². The molecule has 6 nitrogen and oxygen atoms in total. The minimum Gasteiger partial charge on any atom is -0.481 e. The normalized spacial score (nSPS) is 10.5. The van der Waals surface area contributed by atoms with Gasteiger partial charge < -0.3 is 16.6 Å². The monoisotopic (exact) mass is 519 g/mol. The van der Waals surface area contributed by atoms with Crippen molar-refractivity contribution in [2.45, 2.75) is 149 Å². The van der Waals surface area contributed by atoms with Crippen LogP contribution in [0, 0.1) is 0 Å². The maximum absolute atomic E-state index is 10.6. The molecule has 0 spiro atoms. The first-order valence-electron chi connectivity index (χ1n) is 14.1. The maximum Gasteiger partial charge on any atom is 0.303 e. The van der Waals surface area contributed by atoms with Crippen LogP contribution >= 0.6 is 12.8 Å². The first kappa shape index (κ1) is 41.1. The smallest absolute Gasteiger partial charge is 0.303 e. The van der Waals surface area contributed by atoms with Gasteiger partial charge in [-0.05, 0) is 25.8 Å². The van der Waals surface area contributed by atoms with Crippen LogP contribution in [0.5, 0.6) is 0 Å². The lowest BCUT2D eigenvalue weighted by molar-refractivity contribution is -0.137. The van der Waals surface area contributed by atoms with Gasteiger partial charge in [0, 0.05) is 6.42 Å². The standard InChI is InChI=1S/C18H36O2.C6H15N3OS.C2H6.C2H4/c1-2-3-4-5-6-7-8-9-10-11-12-13-14-15-16-17-18(19)20;7-4-2-1-3-5(9-11)6(8)10;2*1-2/h2-17H2,1H3,(H,19,20);5,9,11H,1-4,7H2,(H2,8,10);1-2H3;1-2H2. The summed E-state index contributed by atoms with van der Waals surface area (Å²) in [4.78, 5) is 20.9. The average Bonchev–Trinajstić information content (AvgIpc) is 2.86. The van der Waals surface area contributed by atoms with Crippen LogP contribution in [-0.2, 0) is 9.59 Å². The Balaban J connectivity index is -0.000000270. The zero-order valence-corrected chi connectivity index (χ0v) is 24.4. The Morgan fingerprint density at radius 2 is 1.14 bits per heavy atom. The van der Waals surface area contributed by atoms with E-state index in [0.717, 1.165) is 25.7 Å². The number of aliphatic carboxylic acids is 1. The van der Waals surface area contributed by atoms with Gasteiger partial charge in [0.25, 0.3) is 0 Å². The summed E-state index contributed by atoms with van der Waals surface area (Å²) in [6, 6.07) is -0.329. The molecule has 0 bridgehead atoms. The lowest BCUT2D eigenvalue weighted by Gasteiger charge is -2.09. The van der Waals surface area contributed by atoms with Crippen molar-refractivity contribution in [3.05, 3.63) is 13.2 Å². The summed E-state index contributed by atoms with van der Waals surface area (Å²) < 4.78 is 2.54. The summed E-state index contributed by atoms with van der Waals surface area (Å²) in [6.07, 6.45) is 22.7. The van der Waals surface area contributed by atoms with Crippen LogP contribution < -0.4 is 16.2 Å². The van der Waals surface area contributed by atoms with Crippen molar-refractivity contribution in [3.63, 3.8) is 0 Å². The predicted octanol–water partition coefficient (Wildman–Crippen LogP) is 7.56. The number of carbonyl (C=O) groups excluding carboxylic acids is 1. The maximum atomic E-state index is 10.6. The lowest BCUT2D eigenvalue weighted by atomic mass is 10.0. The first-order chi connectivity index (χ1) is 17.0. The third-order valence-corrected chi connectivity index (χ3v) is 5.75. The van der Waals surface area contributed by atoms with Crippen LogP contribution in [0.1, 0.15) is 143 Å². The molecule has 1 unspecified atom stereocenters. The minimum absolute atomic E-state index is 0.329. The third kappa shape index (κ3) is 43.5. The molecule has 7 heteroatoms. The fourth-order valence-corrected chi connectivity index (χ4v) is 3.67. The second-order valence-electron chi connectivity index (χ2n) is 8.46. The highest BCUT2D eigenvalue weighted by Gasteiger charge is 2.11. The quantitative estimate of drug-likeness (QED) is 0.0574. The molecule has 35 heavy (non-hydrogen) atoms. The topological polar surface area (TPSA) is 118 Å². The van der Waals surface area contributed by atoms with Gasteiger partial charge in [-0.1, -0.05) is 130 Å². The van der Waals surface area contributed by atoms with Crippen molar-refractivity contribution in [2.75, 3.05) is 6.54 Å². The average molecular weight is 520 g/mol. The SMILES string of the molecule is C=C.CC.CCCCCCCCCCCCCCCCCC(=O)O.NCCCCC(NS)C(N)=O. The van der Waals surface area contributed by atoms with Gasteiger partial charge >= 0.3 is 5.97 Å². The van der Waals surface area contributed by atoms with Crippen molar-refractivity contribution in [2.24, 2.45) is 11.5 Å². The minimum atomic E-state index is -0.653. The fourth-order valence-electron chi connectivity index (χ4n) is 3.41. The number of hydrogen-bond donors (Lipinski definition) is 5. The van der Waals surface area contributed by atoms with E-state index in [4.69, 9.17) is 16.6 Å². The van der Waals surface area contributed by atoms with E-state index in [1.165, 1.54) is 83.5 Å². The first-order valence-corrected chi connectivity index (χ1v) is 14.5. The highest BCUT2D eigenvalue weighted by Crippen LogP contribution is 2.13. The number of carboxylic acids is 1. The zero-order valence-electron chi connectivity index (χ0n) is 23.5. The van der Waals surface area contributed by atoms with Crippen LogP contribution in [0.4, 0.5) is 0 Å². The summed E-state index contributed by atoms with van der Waals surface area (Å²) in [5.41, 5.74) is 10.3. The molecule has 0 fully saturated rings. The number of rotatable bonds is 22. The van der Waals surface area contributed by atoms with E-state index in [-0.39, 0.29) is 11.9 Å². The van der Waals surface area contributed by atoms with E-state index in [9.17, 15) is 9.59 Å². The van der Waals surface area contributed by atoms with Gasteiger partial charge in [0.15, 0.2) is 0 Å². The molecule has 0 aromatic heterocycles. The zero-order chi connectivity index (χ0) is 27.6. The Morgan fingerprint density at radius 3 is 1.43 bits per heavy atom. The Morgan fingerprint density at radius 1 is 0.771 bits per heavy atom. The number of nitrogens with two attached hydrogens (primary N) is 2. The van der Waals surface area contributed by atoms with E-state index in [1.54, 1.807) is 0 Å². The second-order valence-corrected chi connectivity index (χ2v) is 8.72. The molecule has 0 heterocycles. The van der Waals surface area contributed by atoms with Gasteiger partial charge in [0.05, 0.1) is 6.04 Å². The summed E-state index contributed by atoms with van der Waals surface area (Å²) in [5.74, 6) is -1.02. The molecule has 0 aliphatic rings. The van der Waals surface area contributed by atoms with Crippen LogP contribution in [0.2, 0.25) is 0 Å². The number of amides is 1. The van der Waals surface area contributed by atoms with E-state index in [2.05, 4.69) is 37.6 Å². The van der Waals surface area contributed by atoms with Crippen LogP contribution in [0.15, 0.2) is 13.2 Å². The number of hydrogen-bond acceptors (Lipinski definition) is 5. The highest BCUT2D eigenvalue weighted by atomic mass is 32.1. The molecule has 1 amide bonds. The largest absolute Gasteiger partial charge is 0.481 e. The lowest BCUT2D eigenvalue weighted by Crippen LogP contribution is -2.36. The number of unbranched alkanes of at least 4 members (excludes halogenated alkanes) is 15. The van der Waals surface area contributed by atoms with Crippen molar-refractivity contribution in [3.8, 4) is 0 Å². The number of carboxylic acid groups (broad SMARTS) is 1. The van der Waals surface area contributed by atoms with Crippen molar-refractivity contribution in [1.29, 1.82) is 0 Å². The molecule has 0 radical (unpaired) electrons. The Bertz CT molecular complexity index is 413. The summed E-state index contributed by atoms with van der Waals surface area (Å²) in [7, 11) is 0. The van der Waals surface area contributed by atoms with Gasteiger partial charge in [-0.25, -0.2) is 0 Å². The van der Waals surface area contributed by atoms with Crippen LogP contribution in [0.25, 0.3) is 0 Å². The number of thiol groups is 1. The van der Waals surface area contributed by atoms with E-state index in [1.807, 2.05) is 13.8 Å². The molecule has 6 N–H and O–H groups in total. The van der Waals surface area contributed by atoms with Crippen LogP contribution in [0.3, 0.4) is 0 Å². The molecule has 1 atom stereocenters. The molecule has 212 valence electrons. The van der Waals surface area contributed by atoms with Crippen molar-refractivity contribution in [1.82, 2.24) is 4.72 Å². The third-order valence-electron chi connectivity index (χ3n) is 5.44. The molecule has 0 aromatic carbocycles. The number of nitrogens with one attached hydrogen (secondary N) is 1. The predicted molar refractivity (Wildman–Crippen MR) is 158 cm³/mol. The Labute approximate surface area is 224 Å². The van der Waals surface area contributed by atoms with Gasteiger partial charge in [-0.2, -0.15) is 0 Å². The summed E-state index contributed by atoms with van der Waals surface area (Å²) >= 11 is 3.78.